The highest BCUT2D eigenvalue weighted by Crippen LogP contribution is 2.26. The minimum atomic E-state index is 0.757. The van der Waals surface area contributed by atoms with Crippen LogP contribution < -0.4 is 4.74 Å². The van der Waals surface area contributed by atoms with Gasteiger partial charge in [0.25, 0.3) is 0 Å². The van der Waals surface area contributed by atoms with Gasteiger partial charge in [-0.1, -0.05) is 17.7 Å². The lowest BCUT2D eigenvalue weighted by atomic mass is 10.2. The van der Waals surface area contributed by atoms with Gasteiger partial charge in [-0.25, -0.2) is 0 Å². The van der Waals surface area contributed by atoms with Crippen LogP contribution in [-0.4, -0.2) is 26.1 Å². The monoisotopic (exact) mass is 199 g/mol. The predicted molar refractivity (Wildman–Crippen MR) is 55.4 cm³/mol. The van der Waals surface area contributed by atoms with Gasteiger partial charge in [0, 0.05) is 17.1 Å². The lowest BCUT2D eigenvalue weighted by molar-refractivity contribution is 0.372. The van der Waals surface area contributed by atoms with Gasteiger partial charge in [-0.15, -0.1) is 0 Å². The molecular formula is C10H14ClNO. The van der Waals surface area contributed by atoms with Gasteiger partial charge in [0.1, 0.15) is 5.75 Å². The Bertz CT molecular complexity index is 286. The van der Waals surface area contributed by atoms with Gasteiger partial charge in [0.2, 0.25) is 0 Å². The Balaban J connectivity index is 3.00. The van der Waals surface area contributed by atoms with E-state index >= 15 is 0 Å². The van der Waals surface area contributed by atoms with Crippen molar-refractivity contribution in [2.75, 3.05) is 21.2 Å². The minimum Gasteiger partial charge on any atom is -0.496 e. The van der Waals surface area contributed by atoms with Crippen LogP contribution >= 0.6 is 11.6 Å². The van der Waals surface area contributed by atoms with Crippen LogP contribution in [0.2, 0.25) is 5.02 Å². The van der Waals surface area contributed by atoms with Gasteiger partial charge >= 0.3 is 0 Å². The Labute approximate surface area is 84.1 Å². The maximum Gasteiger partial charge on any atom is 0.124 e. The first-order valence-corrected chi connectivity index (χ1v) is 4.49. The van der Waals surface area contributed by atoms with Gasteiger partial charge in [0.05, 0.1) is 7.11 Å². The van der Waals surface area contributed by atoms with E-state index in [4.69, 9.17) is 16.3 Å². The molecule has 0 spiro atoms. The molecule has 0 aromatic heterocycles. The van der Waals surface area contributed by atoms with Crippen LogP contribution in [0.4, 0.5) is 0 Å². The Hall–Kier alpha value is -0.730. The quantitative estimate of drug-likeness (QED) is 0.742. The van der Waals surface area contributed by atoms with E-state index in [9.17, 15) is 0 Å². The molecule has 0 atom stereocenters. The van der Waals surface area contributed by atoms with Crippen LogP contribution in [0.5, 0.6) is 5.75 Å². The van der Waals surface area contributed by atoms with Gasteiger partial charge in [-0.2, -0.15) is 0 Å². The van der Waals surface area contributed by atoms with Crippen LogP contribution in [0.3, 0.4) is 0 Å². The van der Waals surface area contributed by atoms with E-state index in [1.807, 2.05) is 32.3 Å². The summed E-state index contributed by atoms with van der Waals surface area (Å²) in [4.78, 5) is 2.06. The van der Waals surface area contributed by atoms with Gasteiger partial charge in [-0.3, -0.25) is 0 Å². The Morgan fingerprint density at radius 2 is 2.08 bits per heavy atom. The van der Waals surface area contributed by atoms with E-state index in [-0.39, 0.29) is 0 Å². The highest BCUT2D eigenvalue weighted by atomic mass is 35.5. The Morgan fingerprint density at radius 3 is 2.62 bits per heavy atom. The molecule has 0 heterocycles. The number of halogens is 1. The normalized spacial score (nSPS) is 10.5. The van der Waals surface area contributed by atoms with Crippen LogP contribution in [0, 0.1) is 0 Å². The lowest BCUT2D eigenvalue weighted by Gasteiger charge is -2.14. The summed E-state index contributed by atoms with van der Waals surface area (Å²) < 4.78 is 5.22. The summed E-state index contributed by atoms with van der Waals surface area (Å²) in [5, 5.41) is 0.757. The van der Waals surface area contributed by atoms with Gasteiger partial charge < -0.3 is 9.64 Å². The maximum absolute atomic E-state index is 6.05. The highest BCUT2D eigenvalue weighted by Gasteiger charge is 2.07. The van der Waals surface area contributed by atoms with Crippen molar-refractivity contribution in [3.8, 4) is 5.75 Å². The van der Waals surface area contributed by atoms with Crippen molar-refractivity contribution in [2.24, 2.45) is 0 Å². The van der Waals surface area contributed by atoms with Crippen molar-refractivity contribution in [3.05, 3.63) is 28.8 Å². The average Bonchev–Trinajstić information content (AvgIpc) is 2.08. The summed E-state index contributed by atoms with van der Waals surface area (Å²) in [5.41, 5.74) is 1.04. The second kappa shape index (κ2) is 4.49. The van der Waals surface area contributed by atoms with Gasteiger partial charge in [-0.05, 0) is 26.2 Å². The summed E-state index contributed by atoms with van der Waals surface area (Å²) in [6, 6.07) is 5.69. The molecule has 72 valence electrons. The molecule has 0 unspecified atom stereocenters. The molecule has 0 fully saturated rings. The first-order chi connectivity index (χ1) is 6.15. The molecule has 0 N–H and O–H groups in total. The third-order valence-corrected chi connectivity index (χ3v) is 2.12. The average molecular weight is 200 g/mol. The van der Waals surface area contributed by atoms with Crippen molar-refractivity contribution in [2.45, 2.75) is 6.54 Å². The maximum atomic E-state index is 6.05. The Morgan fingerprint density at radius 1 is 1.38 bits per heavy atom. The van der Waals surface area contributed by atoms with E-state index in [2.05, 4.69) is 4.90 Å². The first-order valence-electron chi connectivity index (χ1n) is 4.11. The van der Waals surface area contributed by atoms with E-state index in [0.29, 0.717) is 0 Å². The number of nitrogens with zero attached hydrogens (tertiary/aromatic N) is 1. The van der Waals surface area contributed by atoms with Crippen molar-refractivity contribution in [3.63, 3.8) is 0 Å². The SMILES string of the molecule is COc1cccc(Cl)c1CN(C)C. The van der Waals surface area contributed by atoms with Gasteiger partial charge in [0.15, 0.2) is 0 Å². The molecule has 1 aromatic rings. The number of benzene rings is 1. The van der Waals surface area contributed by atoms with Crippen LogP contribution in [0.1, 0.15) is 5.56 Å². The molecule has 1 aromatic carbocycles. The molecule has 0 aliphatic rings. The molecular weight excluding hydrogens is 186 g/mol. The third-order valence-electron chi connectivity index (χ3n) is 1.77. The summed E-state index contributed by atoms with van der Waals surface area (Å²) in [6.45, 7) is 0.794. The van der Waals surface area contributed by atoms with E-state index in [0.717, 1.165) is 22.9 Å². The topological polar surface area (TPSA) is 12.5 Å². The molecule has 2 nitrogen and oxygen atoms in total. The highest BCUT2D eigenvalue weighted by molar-refractivity contribution is 6.31. The molecule has 3 heteroatoms. The number of rotatable bonds is 3. The van der Waals surface area contributed by atoms with Crippen molar-refractivity contribution in [1.29, 1.82) is 0 Å². The molecule has 0 bridgehead atoms. The summed E-state index contributed by atoms with van der Waals surface area (Å²) >= 11 is 6.05. The minimum absolute atomic E-state index is 0.757. The second-order valence-electron chi connectivity index (χ2n) is 3.16. The molecule has 0 saturated heterocycles. The molecule has 0 aliphatic carbocycles. The molecule has 0 aliphatic heterocycles. The number of hydrogen-bond donors (Lipinski definition) is 0. The first kappa shape index (κ1) is 10.4. The molecule has 0 amide bonds. The smallest absolute Gasteiger partial charge is 0.124 e. The molecule has 0 saturated carbocycles. The van der Waals surface area contributed by atoms with E-state index in [1.54, 1.807) is 7.11 Å². The number of ether oxygens (including phenoxy) is 1. The van der Waals surface area contributed by atoms with Crippen molar-refractivity contribution >= 4 is 11.6 Å². The largest absolute Gasteiger partial charge is 0.496 e. The zero-order chi connectivity index (χ0) is 9.84. The summed E-state index contributed by atoms with van der Waals surface area (Å²) in [6.07, 6.45) is 0. The standard InChI is InChI=1S/C10H14ClNO/c1-12(2)7-8-9(11)5-4-6-10(8)13-3/h4-6H,7H2,1-3H3. The van der Waals surface area contributed by atoms with Crippen molar-refractivity contribution in [1.82, 2.24) is 4.90 Å². The van der Waals surface area contributed by atoms with Crippen LogP contribution in [0.25, 0.3) is 0 Å². The fourth-order valence-corrected chi connectivity index (χ4v) is 1.43. The molecule has 13 heavy (non-hydrogen) atoms. The Kier molecular flexibility index (Phi) is 3.58. The van der Waals surface area contributed by atoms with Crippen molar-refractivity contribution < 1.29 is 4.74 Å². The zero-order valence-corrected chi connectivity index (χ0v) is 8.93. The summed E-state index contributed by atoms with van der Waals surface area (Å²) in [7, 11) is 5.66. The fourth-order valence-electron chi connectivity index (χ4n) is 1.20. The fraction of sp³-hybridized carbons (Fsp3) is 0.400. The van der Waals surface area contributed by atoms with Crippen LogP contribution in [0.15, 0.2) is 18.2 Å². The van der Waals surface area contributed by atoms with Crippen LogP contribution in [-0.2, 0) is 6.54 Å². The van der Waals surface area contributed by atoms with E-state index < -0.39 is 0 Å². The number of hydrogen-bond acceptors (Lipinski definition) is 2. The molecule has 1 rings (SSSR count). The second-order valence-corrected chi connectivity index (χ2v) is 3.57. The number of methoxy groups -OCH3 is 1. The molecule has 0 radical (unpaired) electrons. The third kappa shape index (κ3) is 2.61. The predicted octanol–water partition coefficient (Wildman–Crippen LogP) is 2.41. The lowest BCUT2D eigenvalue weighted by Crippen LogP contribution is -2.11. The summed E-state index contributed by atoms with van der Waals surface area (Å²) in [5.74, 6) is 0.848. The zero-order valence-electron chi connectivity index (χ0n) is 8.17. The van der Waals surface area contributed by atoms with E-state index in [1.165, 1.54) is 0 Å².